The van der Waals surface area contributed by atoms with Gasteiger partial charge in [-0.2, -0.15) is 0 Å². The lowest BCUT2D eigenvalue weighted by molar-refractivity contribution is -0.146. The number of hydrogen-bond acceptors (Lipinski definition) is 4. The molecular weight excluding hydrogens is 206 g/mol. The molecule has 1 saturated heterocycles. The Labute approximate surface area is 86.4 Å². The maximum Gasteiger partial charge on any atom is 0.256 e. The minimum Gasteiger partial charge on any atom is -0.337 e. The van der Waals surface area contributed by atoms with E-state index in [0.717, 1.165) is 0 Å². The van der Waals surface area contributed by atoms with Crippen molar-refractivity contribution in [2.24, 2.45) is 0 Å². The van der Waals surface area contributed by atoms with E-state index in [-0.39, 0.29) is 0 Å². The fraction of sp³-hybridized carbons (Fsp3) is 0.571. The number of hydrogen-bond donors (Lipinski definition) is 3. The van der Waals surface area contributed by atoms with Gasteiger partial charge in [0.15, 0.2) is 6.04 Å². The third-order valence-electron chi connectivity index (χ3n) is 1.84. The van der Waals surface area contributed by atoms with Gasteiger partial charge in [-0.15, -0.1) is 12.6 Å². The van der Waals surface area contributed by atoms with E-state index in [1.54, 1.807) is 0 Å². The van der Waals surface area contributed by atoms with Crippen molar-refractivity contribution >= 4 is 30.4 Å². The van der Waals surface area contributed by atoms with E-state index in [1.165, 1.54) is 18.9 Å². The lowest BCUT2D eigenvalue weighted by atomic mass is 10.2. The zero-order valence-electron chi connectivity index (χ0n) is 7.77. The quantitative estimate of drug-likeness (QED) is 0.361. The smallest absolute Gasteiger partial charge is 0.256 e. The minimum absolute atomic E-state index is 0.426. The van der Waals surface area contributed by atoms with Gasteiger partial charge in [0.05, 0.1) is 0 Å². The first-order chi connectivity index (χ1) is 6.43. The Hall–Kier alpha value is -1.24. The molecule has 1 rings (SSSR count). The van der Waals surface area contributed by atoms with Crippen molar-refractivity contribution in [1.29, 1.82) is 0 Å². The Morgan fingerprint density at radius 2 is 2.14 bits per heavy atom. The van der Waals surface area contributed by atoms with Crippen molar-refractivity contribution in [3.8, 4) is 0 Å². The lowest BCUT2D eigenvalue weighted by Crippen LogP contribution is -2.65. The molecule has 0 aromatic rings. The van der Waals surface area contributed by atoms with Gasteiger partial charge < -0.3 is 15.5 Å². The van der Waals surface area contributed by atoms with Crippen LogP contribution in [0.1, 0.15) is 6.92 Å². The zero-order chi connectivity index (χ0) is 10.9. The molecule has 2 N–H and O–H groups in total. The Balaban J connectivity index is 2.79. The number of likely N-dealkylation sites (N-methyl/N-ethyl adjacent to an activating group) is 1. The molecule has 0 saturated carbocycles. The molecule has 1 heterocycles. The first kappa shape index (κ1) is 10.8. The maximum atomic E-state index is 11.5. The number of amides is 3. The molecular formula is C7H11N3O3S. The van der Waals surface area contributed by atoms with E-state index >= 15 is 0 Å². The Morgan fingerprint density at radius 1 is 1.57 bits per heavy atom. The predicted octanol–water partition coefficient (Wildman–Crippen LogP) is -1.71. The van der Waals surface area contributed by atoms with Crippen LogP contribution in [0.15, 0.2) is 0 Å². The summed E-state index contributed by atoms with van der Waals surface area (Å²) in [5.41, 5.74) is -0.639. The molecule has 3 amide bonds. The van der Waals surface area contributed by atoms with Gasteiger partial charge in [0, 0.05) is 14.0 Å². The third kappa shape index (κ3) is 1.98. The molecule has 0 aliphatic carbocycles. The number of carbonyl (C=O) groups excluding carboxylic acids is 3. The topological polar surface area (TPSA) is 78.5 Å². The van der Waals surface area contributed by atoms with E-state index in [0.29, 0.717) is 0 Å². The van der Waals surface area contributed by atoms with E-state index < -0.39 is 29.3 Å². The van der Waals surface area contributed by atoms with Gasteiger partial charge in [0.25, 0.3) is 11.8 Å². The van der Waals surface area contributed by atoms with Gasteiger partial charge in [-0.05, 0) is 0 Å². The first-order valence-electron chi connectivity index (χ1n) is 3.95. The highest BCUT2D eigenvalue weighted by atomic mass is 32.1. The van der Waals surface area contributed by atoms with Crippen LogP contribution in [0.5, 0.6) is 0 Å². The van der Waals surface area contributed by atoms with Crippen LogP contribution < -0.4 is 10.6 Å². The second-order valence-electron chi connectivity index (χ2n) is 2.96. The highest BCUT2D eigenvalue weighted by Gasteiger charge is 2.37. The molecule has 2 atom stereocenters. The van der Waals surface area contributed by atoms with Crippen LogP contribution in [0.2, 0.25) is 0 Å². The van der Waals surface area contributed by atoms with Crippen LogP contribution >= 0.6 is 12.6 Å². The second kappa shape index (κ2) is 3.87. The molecule has 1 aliphatic heterocycles. The molecule has 0 aromatic heterocycles. The summed E-state index contributed by atoms with van der Waals surface area (Å²) < 4.78 is 0. The molecule has 14 heavy (non-hydrogen) atoms. The number of thiol groups is 1. The summed E-state index contributed by atoms with van der Waals surface area (Å²) in [6, 6.07) is -1.14. The summed E-state index contributed by atoms with van der Waals surface area (Å²) in [4.78, 5) is 34.7. The van der Waals surface area contributed by atoms with Crippen LogP contribution in [0.3, 0.4) is 0 Å². The van der Waals surface area contributed by atoms with Crippen LogP contribution in [-0.4, -0.2) is 41.2 Å². The highest BCUT2D eigenvalue weighted by Crippen LogP contribution is 2.07. The van der Waals surface area contributed by atoms with Crippen molar-refractivity contribution in [2.75, 3.05) is 7.05 Å². The fourth-order valence-corrected chi connectivity index (χ4v) is 1.32. The molecule has 6 nitrogen and oxygen atoms in total. The van der Waals surface area contributed by atoms with Crippen LogP contribution in [0.25, 0.3) is 0 Å². The van der Waals surface area contributed by atoms with E-state index in [1.807, 2.05) is 0 Å². The molecule has 78 valence electrons. The third-order valence-corrected chi connectivity index (χ3v) is 2.32. The summed E-state index contributed by atoms with van der Waals surface area (Å²) in [5.74, 6) is -1.43. The van der Waals surface area contributed by atoms with Gasteiger partial charge in [-0.3, -0.25) is 14.4 Å². The van der Waals surface area contributed by atoms with Crippen LogP contribution in [0.4, 0.5) is 0 Å². The predicted molar refractivity (Wildman–Crippen MR) is 51.3 cm³/mol. The van der Waals surface area contributed by atoms with Crippen molar-refractivity contribution in [3.63, 3.8) is 0 Å². The number of rotatable bonds is 1. The SMILES string of the molecule is CC(=O)NC1C(=O)NC(S)N(C)C1=O. The molecule has 1 fully saturated rings. The zero-order valence-corrected chi connectivity index (χ0v) is 8.67. The van der Waals surface area contributed by atoms with Gasteiger partial charge >= 0.3 is 0 Å². The van der Waals surface area contributed by atoms with Crippen molar-refractivity contribution in [3.05, 3.63) is 0 Å². The van der Waals surface area contributed by atoms with Gasteiger partial charge in [-0.25, -0.2) is 0 Å². The standard InChI is InChI=1S/C7H11N3O3S/c1-3(11)8-4-5(12)9-7(14)10(2)6(4)13/h4,7,14H,1-2H3,(H,8,11)(H,9,12). The molecule has 0 aromatic carbocycles. The molecule has 1 aliphatic rings. The van der Waals surface area contributed by atoms with E-state index in [2.05, 4.69) is 23.3 Å². The van der Waals surface area contributed by atoms with Crippen molar-refractivity contribution < 1.29 is 14.4 Å². The lowest BCUT2D eigenvalue weighted by Gasteiger charge is -2.34. The first-order valence-corrected chi connectivity index (χ1v) is 4.47. The number of carbonyl (C=O) groups is 3. The summed E-state index contributed by atoms with van der Waals surface area (Å²) in [7, 11) is 1.49. The summed E-state index contributed by atoms with van der Waals surface area (Å²) in [6.45, 7) is 1.24. The molecule has 0 radical (unpaired) electrons. The largest absolute Gasteiger partial charge is 0.337 e. The second-order valence-corrected chi connectivity index (χ2v) is 3.45. The highest BCUT2D eigenvalue weighted by molar-refractivity contribution is 7.80. The minimum atomic E-state index is -1.14. The molecule has 0 bridgehead atoms. The van der Waals surface area contributed by atoms with E-state index in [9.17, 15) is 14.4 Å². The van der Waals surface area contributed by atoms with E-state index in [4.69, 9.17) is 0 Å². The van der Waals surface area contributed by atoms with Crippen LogP contribution in [-0.2, 0) is 14.4 Å². The number of nitrogens with zero attached hydrogens (tertiary/aromatic N) is 1. The average Bonchev–Trinajstić information content (AvgIpc) is 2.09. The maximum absolute atomic E-state index is 11.5. The van der Waals surface area contributed by atoms with Crippen molar-refractivity contribution in [1.82, 2.24) is 15.5 Å². The average molecular weight is 217 g/mol. The summed E-state index contributed by atoms with van der Waals surface area (Å²) in [5, 5.41) is 4.69. The molecule has 7 heteroatoms. The Kier molecular flexibility index (Phi) is 3.00. The normalized spacial score (nSPS) is 27.2. The summed E-state index contributed by atoms with van der Waals surface area (Å²) >= 11 is 3.97. The fourth-order valence-electron chi connectivity index (χ4n) is 1.07. The van der Waals surface area contributed by atoms with Crippen molar-refractivity contribution in [2.45, 2.75) is 18.5 Å². The number of nitrogens with one attached hydrogen (secondary N) is 2. The summed E-state index contributed by atoms with van der Waals surface area (Å²) in [6.07, 6.45) is 0. The van der Waals surface area contributed by atoms with Crippen LogP contribution in [0, 0.1) is 0 Å². The van der Waals surface area contributed by atoms with Gasteiger partial charge in [0.1, 0.15) is 5.50 Å². The van der Waals surface area contributed by atoms with Gasteiger partial charge in [0.2, 0.25) is 5.91 Å². The Bertz CT molecular complexity index is 294. The Morgan fingerprint density at radius 3 is 2.64 bits per heavy atom. The van der Waals surface area contributed by atoms with Gasteiger partial charge in [-0.1, -0.05) is 0 Å². The monoisotopic (exact) mass is 217 g/mol. The molecule has 0 spiro atoms. The molecule has 2 unspecified atom stereocenters.